The SMILES string of the molecule is Cc1nc2ccc(NC(=O)CCCO)cc2[nH]1. The van der Waals surface area contributed by atoms with E-state index in [1.54, 1.807) is 0 Å². The standard InChI is InChI=1S/C12H15N3O2/c1-8-13-10-5-4-9(7-11(10)14-8)15-12(17)3-2-6-16/h4-5,7,16H,2-3,6H2,1H3,(H,13,14)(H,15,17). The highest BCUT2D eigenvalue weighted by molar-refractivity contribution is 5.93. The Morgan fingerprint density at radius 3 is 3.12 bits per heavy atom. The average molecular weight is 233 g/mol. The molecule has 0 radical (unpaired) electrons. The molecule has 0 fully saturated rings. The third kappa shape index (κ3) is 2.82. The summed E-state index contributed by atoms with van der Waals surface area (Å²) in [6.07, 6.45) is 0.813. The van der Waals surface area contributed by atoms with Gasteiger partial charge in [-0.2, -0.15) is 0 Å². The lowest BCUT2D eigenvalue weighted by Crippen LogP contribution is -2.11. The molecule has 3 N–H and O–H groups in total. The van der Waals surface area contributed by atoms with Crippen LogP contribution in [0.3, 0.4) is 0 Å². The second-order valence-electron chi connectivity index (χ2n) is 3.93. The molecule has 5 nitrogen and oxygen atoms in total. The van der Waals surface area contributed by atoms with E-state index in [4.69, 9.17) is 5.11 Å². The van der Waals surface area contributed by atoms with Crippen molar-refractivity contribution in [2.45, 2.75) is 19.8 Å². The van der Waals surface area contributed by atoms with E-state index in [-0.39, 0.29) is 12.5 Å². The average Bonchev–Trinajstić information content (AvgIpc) is 2.65. The first-order valence-electron chi connectivity index (χ1n) is 5.56. The Kier molecular flexibility index (Phi) is 3.39. The number of benzene rings is 1. The van der Waals surface area contributed by atoms with E-state index < -0.39 is 0 Å². The maximum Gasteiger partial charge on any atom is 0.224 e. The lowest BCUT2D eigenvalue weighted by atomic mass is 10.2. The van der Waals surface area contributed by atoms with Crippen molar-refractivity contribution in [3.63, 3.8) is 0 Å². The number of aryl methyl sites for hydroxylation is 1. The molecule has 17 heavy (non-hydrogen) atoms. The maximum absolute atomic E-state index is 11.5. The highest BCUT2D eigenvalue weighted by Gasteiger charge is 2.04. The minimum absolute atomic E-state index is 0.0339. The molecule has 5 heteroatoms. The Morgan fingerprint density at radius 1 is 1.53 bits per heavy atom. The van der Waals surface area contributed by atoms with Gasteiger partial charge in [0.25, 0.3) is 0 Å². The number of anilines is 1. The molecule has 90 valence electrons. The Hall–Kier alpha value is -1.88. The van der Waals surface area contributed by atoms with E-state index in [1.807, 2.05) is 25.1 Å². The number of aliphatic hydroxyl groups excluding tert-OH is 1. The zero-order chi connectivity index (χ0) is 12.3. The number of carbonyl (C=O) groups is 1. The van der Waals surface area contributed by atoms with Crippen LogP contribution in [-0.2, 0) is 4.79 Å². The molecule has 1 amide bonds. The predicted octanol–water partition coefficient (Wildman–Crippen LogP) is 1.58. The number of nitrogens with one attached hydrogen (secondary N) is 2. The van der Waals surface area contributed by atoms with Gasteiger partial charge in [0.1, 0.15) is 5.82 Å². The Balaban J connectivity index is 2.10. The number of hydrogen-bond acceptors (Lipinski definition) is 3. The van der Waals surface area contributed by atoms with Crippen LogP contribution in [0, 0.1) is 6.92 Å². The smallest absolute Gasteiger partial charge is 0.224 e. The number of aromatic nitrogens is 2. The van der Waals surface area contributed by atoms with Crippen molar-refractivity contribution < 1.29 is 9.90 Å². The molecule has 0 unspecified atom stereocenters. The van der Waals surface area contributed by atoms with E-state index in [1.165, 1.54) is 0 Å². The van der Waals surface area contributed by atoms with E-state index in [2.05, 4.69) is 15.3 Å². The number of imidazole rings is 1. The van der Waals surface area contributed by atoms with Crippen molar-refractivity contribution in [2.75, 3.05) is 11.9 Å². The summed E-state index contributed by atoms with van der Waals surface area (Å²) in [6, 6.07) is 5.53. The number of amides is 1. The minimum Gasteiger partial charge on any atom is -0.396 e. The number of rotatable bonds is 4. The van der Waals surface area contributed by atoms with Crippen molar-refractivity contribution in [2.24, 2.45) is 0 Å². The second-order valence-corrected chi connectivity index (χ2v) is 3.93. The van der Waals surface area contributed by atoms with Gasteiger partial charge in [-0.3, -0.25) is 4.79 Å². The number of aromatic amines is 1. The molecule has 0 aliphatic carbocycles. The summed E-state index contributed by atoms with van der Waals surface area (Å²) in [6.45, 7) is 1.92. The molecule has 1 aromatic carbocycles. The summed E-state index contributed by atoms with van der Waals surface area (Å²) in [5.74, 6) is 0.762. The molecule has 0 saturated carbocycles. The molecule has 0 aliphatic rings. The summed E-state index contributed by atoms with van der Waals surface area (Å²) >= 11 is 0. The van der Waals surface area contributed by atoms with Gasteiger partial charge < -0.3 is 15.4 Å². The molecular formula is C12H15N3O2. The van der Waals surface area contributed by atoms with Crippen molar-refractivity contribution in [1.29, 1.82) is 0 Å². The first-order valence-corrected chi connectivity index (χ1v) is 5.56. The van der Waals surface area contributed by atoms with Crippen LogP contribution in [0.25, 0.3) is 11.0 Å². The normalized spacial score (nSPS) is 10.7. The van der Waals surface area contributed by atoms with Crippen LogP contribution in [-0.4, -0.2) is 27.6 Å². The third-order valence-corrected chi connectivity index (χ3v) is 2.45. The van der Waals surface area contributed by atoms with E-state index in [9.17, 15) is 4.79 Å². The van der Waals surface area contributed by atoms with Crippen molar-refractivity contribution in [3.8, 4) is 0 Å². The summed E-state index contributed by atoms with van der Waals surface area (Å²) in [4.78, 5) is 18.9. The lowest BCUT2D eigenvalue weighted by Gasteiger charge is -2.04. The van der Waals surface area contributed by atoms with Gasteiger partial charge in [0.2, 0.25) is 5.91 Å². The Morgan fingerprint density at radius 2 is 2.35 bits per heavy atom. The lowest BCUT2D eigenvalue weighted by molar-refractivity contribution is -0.116. The molecule has 1 heterocycles. The van der Waals surface area contributed by atoms with Crippen molar-refractivity contribution >= 4 is 22.6 Å². The van der Waals surface area contributed by atoms with E-state index >= 15 is 0 Å². The molecule has 0 spiro atoms. The maximum atomic E-state index is 11.5. The van der Waals surface area contributed by atoms with Crippen LogP contribution in [0.4, 0.5) is 5.69 Å². The summed E-state index contributed by atoms with van der Waals surface area (Å²) in [5.41, 5.74) is 2.53. The predicted molar refractivity (Wildman–Crippen MR) is 65.8 cm³/mol. The summed E-state index contributed by atoms with van der Waals surface area (Å²) in [5, 5.41) is 11.4. The molecular weight excluding hydrogens is 218 g/mol. The first kappa shape index (κ1) is 11.6. The molecule has 1 aromatic heterocycles. The van der Waals surface area contributed by atoms with Gasteiger partial charge in [-0.15, -0.1) is 0 Å². The molecule has 0 aliphatic heterocycles. The third-order valence-electron chi connectivity index (χ3n) is 2.45. The molecule has 2 rings (SSSR count). The van der Waals surface area contributed by atoms with Crippen molar-refractivity contribution in [1.82, 2.24) is 9.97 Å². The topological polar surface area (TPSA) is 78.0 Å². The fourth-order valence-electron chi connectivity index (χ4n) is 1.68. The fourth-order valence-corrected chi connectivity index (χ4v) is 1.68. The summed E-state index contributed by atoms with van der Waals surface area (Å²) < 4.78 is 0. The first-order chi connectivity index (χ1) is 8.19. The monoisotopic (exact) mass is 233 g/mol. The number of H-pyrrole nitrogens is 1. The van der Waals surface area contributed by atoms with Gasteiger partial charge in [-0.05, 0) is 31.5 Å². The van der Waals surface area contributed by atoms with Gasteiger partial charge in [-0.25, -0.2) is 4.98 Å². The number of fused-ring (bicyclic) bond motifs is 1. The Bertz CT molecular complexity index is 534. The Labute approximate surface area is 98.9 Å². The van der Waals surface area contributed by atoms with Crippen LogP contribution in [0.5, 0.6) is 0 Å². The molecule has 0 bridgehead atoms. The highest BCUT2D eigenvalue weighted by Crippen LogP contribution is 2.17. The van der Waals surface area contributed by atoms with Crippen LogP contribution in [0.2, 0.25) is 0 Å². The van der Waals surface area contributed by atoms with E-state index in [0.717, 1.165) is 22.5 Å². The molecule has 0 saturated heterocycles. The number of aliphatic hydroxyl groups is 1. The second kappa shape index (κ2) is 4.97. The number of hydrogen-bond donors (Lipinski definition) is 3. The highest BCUT2D eigenvalue weighted by atomic mass is 16.3. The van der Waals surface area contributed by atoms with E-state index in [0.29, 0.717) is 12.8 Å². The van der Waals surface area contributed by atoms with Gasteiger partial charge in [0.05, 0.1) is 11.0 Å². The van der Waals surface area contributed by atoms with Gasteiger partial charge >= 0.3 is 0 Å². The summed E-state index contributed by atoms with van der Waals surface area (Å²) in [7, 11) is 0. The zero-order valence-electron chi connectivity index (χ0n) is 9.66. The van der Waals surface area contributed by atoms with Crippen LogP contribution < -0.4 is 5.32 Å². The zero-order valence-corrected chi connectivity index (χ0v) is 9.66. The quantitative estimate of drug-likeness (QED) is 0.750. The minimum atomic E-state index is -0.0883. The van der Waals surface area contributed by atoms with Crippen molar-refractivity contribution in [3.05, 3.63) is 24.0 Å². The van der Waals surface area contributed by atoms with Crippen LogP contribution in [0.15, 0.2) is 18.2 Å². The molecule has 0 atom stereocenters. The van der Waals surface area contributed by atoms with Gasteiger partial charge in [0, 0.05) is 18.7 Å². The largest absolute Gasteiger partial charge is 0.396 e. The van der Waals surface area contributed by atoms with Gasteiger partial charge in [-0.1, -0.05) is 0 Å². The number of nitrogens with zero attached hydrogens (tertiary/aromatic N) is 1. The molecule has 2 aromatic rings. The number of carbonyl (C=O) groups excluding carboxylic acids is 1. The fraction of sp³-hybridized carbons (Fsp3) is 0.333. The van der Waals surface area contributed by atoms with Gasteiger partial charge in [0.15, 0.2) is 0 Å². The van der Waals surface area contributed by atoms with Crippen LogP contribution >= 0.6 is 0 Å². The van der Waals surface area contributed by atoms with Crippen LogP contribution in [0.1, 0.15) is 18.7 Å².